The minimum atomic E-state index is -0.839. The molecule has 0 saturated carbocycles. The second-order valence-electron chi connectivity index (χ2n) is 3.96. The molecule has 2 rings (SSSR count). The molecule has 0 spiro atoms. The number of aliphatic hydroxyl groups is 1. The summed E-state index contributed by atoms with van der Waals surface area (Å²) in [6, 6.07) is 10.4. The van der Waals surface area contributed by atoms with Crippen LogP contribution in [0.25, 0.3) is 0 Å². The Morgan fingerprint density at radius 3 is 2.53 bits per heavy atom. The molecule has 1 atom stereocenters. The first kappa shape index (κ1) is 14.7. The van der Waals surface area contributed by atoms with Gasteiger partial charge in [-0.05, 0) is 51.8 Å². The number of methoxy groups -OCH3 is 1. The van der Waals surface area contributed by atoms with Crippen LogP contribution in [-0.4, -0.2) is 12.2 Å². The first-order valence-corrected chi connectivity index (χ1v) is 7.04. The van der Waals surface area contributed by atoms with Gasteiger partial charge in [-0.3, -0.25) is 0 Å². The Hall–Kier alpha value is -0.740. The Kier molecular flexibility index (Phi) is 4.74. The van der Waals surface area contributed by atoms with E-state index in [1.807, 2.05) is 0 Å². The Bertz CT molecular complexity index is 602. The van der Waals surface area contributed by atoms with Crippen LogP contribution in [0.2, 0.25) is 10.0 Å². The van der Waals surface area contributed by atoms with Gasteiger partial charge in [0.1, 0.15) is 11.9 Å². The minimum absolute atomic E-state index is 0.476. The third kappa shape index (κ3) is 3.23. The lowest BCUT2D eigenvalue weighted by atomic mass is 10.0. The zero-order valence-electron chi connectivity index (χ0n) is 10.0. The van der Waals surface area contributed by atoms with Gasteiger partial charge >= 0.3 is 0 Å². The van der Waals surface area contributed by atoms with E-state index < -0.39 is 6.10 Å². The number of ether oxygens (including phenoxy) is 1. The van der Waals surface area contributed by atoms with Gasteiger partial charge in [0.25, 0.3) is 0 Å². The van der Waals surface area contributed by atoms with Crippen molar-refractivity contribution in [3.05, 3.63) is 62.0 Å². The Morgan fingerprint density at radius 2 is 1.89 bits per heavy atom. The molecule has 0 aliphatic heterocycles. The summed E-state index contributed by atoms with van der Waals surface area (Å²) in [6.45, 7) is 0. The SMILES string of the molecule is COc1ccc(C(O)c2cc(Cl)ccc2Cl)cc1Br. The van der Waals surface area contributed by atoms with Gasteiger partial charge in [-0.25, -0.2) is 0 Å². The maximum atomic E-state index is 10.4. The molecule has 19 heavy (non-hydrogen) atoms. The van der Waals surface area contributed by atoms with Crippen LogP contribution in [0.4, 0.5) is 0 Å². The predicted molar refractivity (Wildman–Crippen MR) is 81.2 cm³/mol. The second-order valence-corrected chi connectivity index (χ2v) is 5.66. The van der Waals surface area contributed by atoms with Crippen LogP contribution >= 0.6 is 39.1 Å². The Balaban J connectivity index is 2.41. The number of rotatable bonds is 3. The van der Waals surface area contributed by atoms with E-state index in [2.05, 4.69) is 15.9 Å². The average molecular weight is 362 g/mol. The molecular weight excluding hydrogens is 351 g/mol. The van der Waals surface area contributed by atoms with Crippen molar-refractivity contribution in [2.24, 2.45) is 0 Å². The predicted octanol–water partition coefficient (Wildman–Crippen LogP) is 4.85. The fraction of sp³-hybridized carbons (Fsp3) is 0.143. The fourth-order valence-corrected chi connectivity index (χ4v) is 2.72. The largest absolute Gasteiger partial charge is 0.496 e. The van der Waals surface area contributed by atoms with E-state index in [-0.39, 0.29) is 0 Å². The smallest absolute Gasteiger partial charge is 0.133 e. The Morgan fingerprint density at radius 1 is 1.16 bits per heavy atom. The normalized spacial score (nSPS) is 12.3. The zero-order chi connectivity index (χ0) is 14.0. The number of hydrogen-bond acceptors (Lipinski definition) is 2. The minimum Gasteiger partial charge on any atom is -0.496 e. The van der Waals surface area contributed by atoms with Crippen LogP contribution in [-0.2, 0) is 0 Å². The van der Waals surface area contributed by atoms with Crippen molar-refractivity contribution in [1.82, 2.24) is 0 Å². The molecule has 0 aromatic heterocycles. The molecule has 0 fully saturated rings. The number of halogens is 3. The summed E-state index contributed by atoms with van der Waals surface area (Å²) in [5.74, 6) is 0.702. The lowest BCUT2D eigenvalue weighted by molar-refractivity contribution is 0.220. The van der Waals surface area contributed by atoms with Gasteiger partial charge in [0, 0.05) is 15.6 Å². The highest BCUT2D eigenvalue weighted by Gasteiger charge is 2.15. The summed E-state index contributed by atoms with van der Waals surface area (Å²) in [5, 5.41) is 11.4. The molecule has 0 aliphatic carbocycles. The van der Waals surface area contributed by atoms with Gasteiger partial charge in [-0.15, -0.1) is 0 Å². The zero-order valence-corrected chi connectivity index (χ0v) is 13.1. The van der Waals surface area contributed by atoms with Crippen LogP contribution < -0.4 is 4.74 Å². The van der Waals surface area contributed by atoms with E-state index >= 15 is 0 Å². The van der Waals surface area contributed by atoms with E-state index in [9.17, 15) is 5.11 Å². The lowest BCUT2D eigenvalue weighted by Gasteiger charge is -2.15. The van der Waals surface area contributed by atoms with Crippen LogP contribution in [0.5, 0.6) is 5.75 Å². The second kappa shape index (κ2) is 6.14. The Labute approximate surface area is 130 Å². The topological polar surface area (TPSA) is 29.5 Å². The van der Waals surface area contributed by atoms with E-state index in [1.165, 1.54) is 0 Å². The number of aliphatic hydroxyl groups excluding tert-OH is 1. The van der Waals surface area contributed by atoms with Gasteiger partial charge in [0.2, 0.25) is 0 Å². The van der Waals surface area contributed by atoms with E-state index in [0.29, 0.717) is 26.9 Å². The molecule has 2 aromatic rings. The molecule has 2 aromatic carbocycles. The number of hydrogen-bond donors (Lipinski definition) is 1. The third-order valence-electron chi connectivity index (χ3n) is 2.74. The van der Waals surface area contributed by atoms with Gasteiger partial charge in [0.15, 0.2) is 0 Å². The van der Waals surface area contributed by atoms with Crippen LogP contribution in [0.15, 0.2) is 40.9 Å². The van der Waals surface area contributed by atoms with Crippen LogP contribution in [0, 0.1) is 0 Å². The molecule has 0 aliphatic rings. The summed E-state index contributed by atoms with van der Waals surface area (Å²) >= 11 is 15.4. The first-order valence-electron chi connectivity index (χ1n) is 5.49. The van der Waals surface area contributed by atoms with E-state index in [1.54, 1.807) is 43.5 Å². The molecule has 5 heteroatoms. The fourth-order valence-electron chi connectivity index (χ4n) is 1.76. The van der Waals surface area contributed by atoms with Gasteiger partial charge in [-0.2, -0.15) is 0 Å². The molecule has 0 heterocycles. The van der Waals surface area contributed by atoms with E-state index in [0.717, 1.165) is 4.47 Å². The maximum Gasteiger partial charge on any atom is 0.133 e. The third-order valence-corrected chi connectivity index (χ3v) is 3.94. The van der Waals surface area contributed by atoms with Crippen molar-refractivity contribution in [3.8, 4) is 5.75 Å². The molecule has 0 radical (unpaired) electrons. The molecular formula is C14H11BrCl2O2. The molecule has 2 nitrogen and oxygen atoms in total. The van der Waals surface area contributed by atoms with Crippen LogP contribution in [0.1, 0.15) is 17.2 Å². The maximum absolute atomic E-state index is 10.4. The van der Waals surface area contributed by atoms with Crippen molar-refractivity contribution in [3.63, 3.8) is 0 Å². The molecule has 1 N–H and O–H groups in total. The first-order chi connectivity index (χ1) is 9.02. The summed E-state index contributed by atoms with van der Waals surface area (Å²) in [4.78, 5) is 0. The number of benzene rings is 2. The standard InChI is InChI=1S/C14H11BrCl2O2/c1-19-13-5-2-8(6-11(13)15)14(18)10-7-9(16)3-4-12(10)17/h2-7,14,18H,1H3. The highest BCUT2D eigenvalue weighted by Crippen LogP contribution is 2.34. The molecule has 1 unspecified atom stereocenters. The van der Waals surface area contributed by atoms with Crippen molar-refractivity contribution >= 4 is 39.1 Å². The van der Waals surface area contributed by atoms with Crippen molar-refractivity contribution in [2.75, 3.05) is 7.11 Å². The summed E-state index contributed by atoms with van der Waals surface area (Å²) in [5.41, 5.74) is 1.28. The highest BCUT2D eigenvalue weighted by atomic mass is 79.9. The van der Waals surface area contributed by atoms with Gasteiger partial charge < -0.3 is 9.84 Å². The summed E-state index contributed by atoms with van der Waals surface area (Å²) < 4.78 is 5.92. The molecule has 0 saturated heterocycles. The quantitative estimate of drug-likeness (QED) is 0.846. The molecule has 100 valence electrons. The van der Waals surface area contributed by atoms with Crippen LogP contribution in [0.3, 0.4) is 0 Å². The van der Waals surface area contributed by atoms with E-state index in [4.69, 9.17) is 27.9 Å². The van der Waals surface area contributed by atoms with Crippen molar-refractivity contribution in [1.29, 1.82) is 0 Å². The lowest BCUT2D eigenvalue weighted by Crippen LogP contribution is -2.01. The monoisotopic (exact) mass is 360 g/mol. The molecule has 0 amide bonds. The highest BCUT2D eigenvalue weighted by molar-refractivity contribution is 9.10. The van der Waals surface area contributed by atoms with Crippen molar-refractivity contribution < 1.29 is 9.84 Å². The van der Waals surface area contributed by atoms with Gasteiger partial charge in [0.05, 0.1) is 11.6 Å². The average Bonchev–Trinajstić information content (AvgIpc) is 2.40. The van der Waals surface area contributed by atoms with Gasteiger partial charge in [-0.1, -0.05) is 29.3 Å². The summed E-state index contributed by atoms with van der Waals surface area (Å²) in [7, 11) is 1.59. The summed E-state index contributed by atoms with van der Waals surface area (Å²) in [6.07, 6.45) is -0.839. The molecule has 0 bridgehead atoms. The van der Waals surface area contributed by atoms with Crippen molar-refractivity contribution in [2.45, 2.75) is 6.10 Å².